The first-order chi connectivity index (χ1) is 12.1. The summed E-state index contributed by atoms with van der Waals surface area (Å²) in [4.78, 5) is 27.5. The molecule has 0 spiro atoms. The van der Waals surface area contributed by atoms with Crippen LogP contribution in [-0.4, -0.2) is 45.5 Å². The molecule has 0 saturated carbocycles. The monoisotopic (exact) mass is 344 g/mol. The summed E-state index contributed by atoms with van der Waals surface area (Å²) in [6.07, 6.45) is 6.00. The molecule has 1 unspecified atom stereocenters. The van der Waals surface area contributed by atoms with E-state index < -0.39 is 11.9 Å². The third-order valence-electron chi connectivity index (χ3n) is 4.21. The summed E-state index contributed by atoms with van der Waals surface area (Å²) in [5.41, 5.74) is 2.11. The first kappa shape index (κ1) is 17.1. The number of ether oxygens (including phenoxy) is 1. The maximum absolute atomic E-state index is 12.5. The fourth-order valence-corrected chi connectivity index (χ4v) is 2.96. The van der Waals surface area contributed by atoms with Gasteiger partial charge in [0.1, 0.15) is 5.69 Å². The van der Waals surface area contributed by atoms with Crippen molar-refractivity contribution in [1.29, 1.82) is 0 Å². The van der Waals surface area contributed by atoms with Gasteiger partial charge in [-0.2, -0.15) is 5.10 Å². The number of rotatable bonds is 6. The van der Waals surface area contributed by atoms with Gasteiger partial charge >= 0.3 is 5.97 Å². The molecule has 25 heavy (non-hydrogen) atoms. The van der Waals surface area contributed by atoms with Gasteiger partial charge in [0.15, 0.2) is 0 Å². The number of carbonyl (C=O) groups excluding carboxylic acids is 1. The molecule has 1 atom stereocenters. The van der Waals surface area contributed by atoms with Crippen molar-refractivity contribution in [2.24, 2.45) is 0 Å². The highest BCUT2D eigenvalue weighted by molar-refractivity contribution is 5.95. The highest BCUT2D eigenvalue weighted by Gasteiger charge is 2.26. The fourth-order valence-electron chi connectivity index (χ4n) is 2.96. The van der Waals surface area contributed by atoms with Crippen LogP contribution in [0.2, 0.25) is 0 Å². The van der Waals surface area contributed by atoms with Crippen LogP contribution >= 0.6 is 0 Å². The van der Waals surface area contributed by atoms with E-state index in [1.54, 1.807) is 7.11 Å². The number of hydrogen-bond donors (Lipinski definition) is 2. The Morgan fingerprint density at radius 3 is 3.08 bits per heavy atom. The van der Waals surface area contributed by atoms with Crippen LogP contribution in [-0.2, 0) is 17.7 Å². The van der Waals surface area contributed by atoms with Gasteiger partial charge in [-0.05, 0) is 37.0 Å². The normalized spacial score (nSPS) is 16.3. The second-order valence-electron chi connectivity index (χ2n) is 5.95. The number of carbonyl (C=O) groups is 2. The Morgan fingerprint density at radius 2 is 2.32 bits per heavy atom. The van der Waals surface area contributed by atoms with Crippen molar-refractivity contribution >= 4 is 11.9 Å². The molecule has 0 saturated heterocycles. The van der Waals surface area contributed by atoms with Crippen LogP contribution in [0.15, 0.2) is 24.5 Å². The van der Waals surface area contributed by atoms with Crippen LogP contribution < -0.4 is 5.32 Å². The Morgan fingerprint density at radius 1 is 1.48 bits per heavy atom. The van der Waals surface area contributed by atoms with E-state index in [0.29, 0.717) is 13.2 Å². The number of aromatic carboxylic acids is 1. The molecule has 3 rings (SSSR count). The molecular weight excluding hydrogens is 324 g/mol. The number of methoxy groups -OCH3 is 1. The number of fused-ring (bicyclic) bond motifs is 1. The lowest BCUT2D eigenvalue weighted by molar-refractivity contribution is 0.0696. The van der Waals surface area contributed by atoms with Crippen molar-refractivity contribution < 1.29 is 19.4 Å². The zero-order valence-electron chi connectivity index (χ0n) is 13.9. The number of pyridine rings is 1. The molecule has 0 aliphatic heterocycles. The number of amides is 1. The summed E-state index contributed by atoms with van der Waals surface area (Å²) >= 11 is 0. The lowest BCUT2D eigenvalue weighted by atomic mass is 9.93. The number of carboxylic acids is 1. The second kappa shape index (κ2) is 7.43. The van der Waals surface area contributed by atoms with Crippen molar-refractivity contribution in [3.05, 3.63) is 47.0 Å². The third-order valence-corrected chi connectivity index (χ3v) is 4.21. The van der Waals surface area contributed by atoms with Crippen molar-refractivity contribution in [2.75, 3.05) is 13.7 Å². The molecule has 132 valence electrons. The van der Waals surface area contributed by atoms with E-state index in [1.807, 2.05) is 10.9 Å². The lowest BCUT2D eigenvalue weighted by Crippen LogP contribution is -2.31. The van der Waals surface area contributed by atoms with E-state index in [9.17, 15) is 9.59 Å². The second-order valence-corrected chi connectivity index (χ2v) is 5.95. The van der Waals surface area contributed by atoms with Gasteiger partial charge in [0.05, 0.1) is 30.5 Å². The van der Waals surface area contributed by atoms with E-state index >= 15 is 0 Å². The summed E-state index contributed by atoms with van der Waals surface area (Å²) < 4.78 is 6.91. The Kier molecular flexibility index (Phi) is 5.08. The zero-order chi connectivity index (χ0) is 17.8. The summed E-state index contributed by atoms with van der Waals surface area (Å²) in [6, 6.07) is 2.43. The molecule has 2 heterocycles. The average molecular weight is 344 g/mol. The number of carboxylic acid groups (broad SMARTS) is 1. The van der Waals surface area contributed by atoms with Crippen molar-refractivity contribution in [2.45, 2.75) is 31.8 Å². The first-order valence-electron chi connectivity index (χ1n) is 8.14. The number of nitrogens with zero attached hydrogens (tertiary/aromatic N) is 3. The largest absolute Gasteiger partial charge is 0.478 e. The van der Waals surface area contributed by atoms with Gasteiger partial charge in [0, 0.05) is 19.5 Å². The van der Waals surface area contributed by atoms with E-state index in [2.05, 4.69) is 15.4 Å². The van der Waals surface area contributed by atoms with Crippen molar-refractivity contribution in [1.82, 2.24) is 20.1 Å². The molecule has 2 aromatic heterocycles. The molecule has 0 bridgehead atoms. The molecule has 1 aliphatic carbocycles. The van der Waals surface area contributed by atoms with Crippen LogP contribution in [0.5, 0.6) is 0 Å². The van der Waals surface area contributed by atoms with Gasteiger partial charge in [-0.25, -0.2) is 4.79 Å². The number of aromatic nitrogens is 3. The Labute approximate surface area is 144 Å². The van der Waals surface area contributed by atoms with Gasteiger partial charge in [0.25, 0.3) is 5.91 Å². The molecule has 0 aromatic carbocycles. The minimum Gasteiger partial charge on any atom is -0.478 e. The molecule has 0 radical (unpaired) electrons. The number of aryl methyl sites for hydroxylation is 1. The Bertz CT molecular complexity index is 787. The maximum Gasteiger partial charge on any atom is 0.335 e. The number of hydrogen-bond acceptors (Lipinski definition) is 5. The standard InChI is InChI=1S/C17H20N4O4/c1-25-8-7-21-10-12-3-2-4-13(15(12)20-21)19-16(22)14-9-11(17(23)24)5-6-18-14/h5-6,9-10,13H,2-4,7-8H2,1H3,(H,19,22)(H,23,24). The van der Waals surface area contributed by atoms with Gasteiger partial charge in [-0.1, -0.05) is 0 Å². The predicted octanol–water partition coefficient (Wildman–Crippen LogP) is 1.43. The molecule has 1 aliphatic rings. The maximum atomic E-state index is 12.5. The molecule has 0 fully saturated rings. The predicted molar refractivity (Wildman–Crippen MR) is 88.4 cm³/mol. The average Bonchev–Trinajstić information content (AvgIpc) is 3.04. The first-order valence-corrected chi connectivity index (χ1v) is 8.14. The van der Waals surface area contributed by atoms with Gasteiger partial charge in [0.2, 0.25) is 0 Å². The van der Waals surface area contributed by atoms with Crippen molar-refractivity contribution in [3.8, 4) is 0 Å². The number of nitrogens with one attached hydrogen (secondary N) is 1. The quantitative estimate of drug-likeness (QED) is 0.821. The Balaban J connectivity index is 1.75. The van der Waals surface area contributed by atoms with E-state index in [-0.39, 0.29) is 17.3 Å². The van der Waals surface area contributed by atoms with E-state index in [0.717, 1.165) is 30.5 Å². The summed E-state index contributed by atoms with van der Waals surface area (Å²) in [5, 5.41) is 16.5. The van der Waals surface area contributed by atoms with Gasteiger partial charge in [-0.15, -0.1) is 0 Å². The summed E-state index contributed by atoms with van der Waals surface area (Å²) in [7, 11) is 1.64. The van der Waals surface area contributed by atoms with E-state index in [1.165, 1.54) is 18.3 Å². The smallest absolute Gasteiger partial charge is 0.335 e. The SMILES string of the molecule is COCCn1cc2c(n1)C(NC(=O)c1cc(C(=O)O)ccn1)CCC2. The van der Waals surface area contributed by atoms with Crippen LogP contribution in [0, 0.1) is 0 Å². The topological polar surface area (TPSA) is 106 Å². The highest BCUT2D eigenvalue weighted by Crippen LogP contribution is 2.28. The summed E-state index contributed by atoms with van der Waals surface area (Å²) in [5.74, 6) is -1.49. The molecule has 8 heteroatoms. The van der Waals surface area contributed by atoms with Crippen LogP contribution in [0.1, 0.15) is 51.0 Å². The van der Waals surface area contributed by atoms with Crippen molar-refractivity contribution in [3.63, 3.8) is 0 Å². The van der Waals surface area contributed by atoms with Gasteiger partial charge < -0.3 is 15.2 Å². The van der Waals surface area contributed by atoms with Crippen LogP contribution in [0.4, 0.5) is 0 Å². The minimum atomic E-state index is -1.09. The highest BCUT2D eigenvalue weighted by atomic mass is 16.5. The lowest BCUT2D eigenvalue weighted by Gasteiger charge is -2.22. The molecular formula is C17H20N4O4. The fraction of sp³-hybridized carbons (Fsp3) is 0.412. The zero-order valence-corrected chi connectivity index (χ0v) is 13.9. The molecule has 8 nitrogen and oxygen atoms in total. The molecule has 2 N–H and O–H groups in total. The Hall–Kier alpha value is -2.74. The van der Waals surface area contributed by atoms with E-state index in [4.69, 9.17) is 9.84 Å². The van der Waals surface area contributed by atoms with Gasteiger partial charge in [-0.3, -0.25) is 14.5 Å². The minimum absolute atomic E-state index is 0.0355. The van der Waals surface area contributed by atoms with Crippen LogP contribution in [0.25, 0.3) is 0 Å². The molecule has 2 aromatic rings. The third kappa shape index (κ3) is 3.85. The summed E-state index contributed by atoms with van der Waals surface area (Å²) in [6.45, 7) is 1.23. The molecule has 1 amide bonds. The van der Waals surface area contributed by atoms with Crippen LogP contribution in [0.3, 0.4) is 0 Å².